The molecule has 0 fully saturated rings. The average Bonchev–Trinajstić information content (AvgIpc) is 3.35. The molecule has 29 heavy (non-hydrogen) atoms. The molecule has 0 bridgehead atoms. The zero-order valence-corrected chi connectivity index (χ0v) is 15.9. The van der Waals surface area contributed by atoms with Crippen LogP contribution in [-0.4, -0.2) is 40.5 Å². The number of aromatic amines is 1. The van der Waals surface area contributed by atoms with E-state index in [4.69, 9.17) is 0 Å². The van der Waals surface area contributed by atoms with Crippen molar-refractivity contribution in [2.24, 2.45) is 0 Å². The summed E-state index contributed by atoms with van der Waals surface area (Å²) in [5.41, 5.74) is 1.94. The Bertz CT molecular complexity index is 1220. The number of benzene rings is 2. The summed E-state index contributed by atoms with van der Waals surface area (Å²) in [5, 5.41) is 31.5. The van der Waals surface area contributed by atoms with Crippen molar-refractivity contribution in [3.63, 3.8) is 0 Å². The van der Waals surface area contributed by atoms with E-state index in [1.54, 1.807) is 19.1 Å². The quantitative estimate of drug-likeness (QED) is 0.295. The van der Waals surface area contributed by atoms with E-state index in [9.17, 15) is 14.8 Å². The molecule has 10 heteroatoms. The number of imidazole rings is 1. The van der Waals surface area contributed by atoms with E-state index in [2.05, 4.69) is 25.5 Å². The average molecular weight is 407 g/mol. The summed E-state index contributed by atoms with van der Waals surface area (Å²) < 4.78 is 14.9. The minimum absolute atomic E-state index is 0.0333. The summed E-state index contributed by atoms with van der Waals surface area (Å²) in [6.45, 7) is 1.71. The molecule has 0 aliphatic carbocycles. The van der Waals surface area contributed by atoms with Gasteiger partial charge in [0.25, 0.3) is 0 Å². The van der Waals surface area contributed by atoms with Crippen LogP contribution >= 0.6 is 11.8 Å². The maximum Gasteiger partial charge on any atom is 0.214 e. The Morgan fingerprint density at radius 3 is 2.86 bits per heavy atom. The number of halogens is 1. The number of aliphatic hydroxyl groups is 1. The van der Waals surface area contributed by atoms with Gasteiger partial charge >= 0.3 is 0 Å². The summed E-state index contributed by atoms with van der Waals surface area (Å²) in [7, 11) is 0. The van der Waals surface area contributed by atoms with Crippen LogP contribution in [-0.2, 0) is 0 Å². The van der Waals surface area contributed by atoms with Crippen LogP contribution in [0.5, 0.6) is 0 Å². The van der Waals surface area contributed by atoms with E-state index in [0.717, 1.165) is 17.3 Å². The van der Waals surface area contributed by atoms with Crippen LogP contribution in [0, 0.1) is 17.1 Å². The maximum absolute atomic E-state index is 13.5. The van der Waals surface area contributed by atoms with Gasteiger partial charge in [-0.3, -0.25) is 0 Å². The summed E-state index contributed by atoms with van der Waals surface area (Å²) in [6, 6.07) is 15.2. The van der Waals surface area contributed by atoms with Crippen molar-refractivity contribution in [3.8, 4) is 11.8 Å². The van der Waals surface area contributed by atoms with Crippen molar-refractivity contribution < 1.29 is 9.50 Å². The highest BCUT2D eigenvalue weighted by molar-refractivity contribution is 7.99. The molecule has 4 aromatic rings. The molecule has 2 N–H and O–H groups in total. The third-order valence-corrected chi connectivity index (χ3v) is 5.20. The fraction of sp³-hybridized carbons (Fsp3) is 0.105. The standard InChI is InChI=1S/C19H14FN7OS/c1-11(29-19-24-25-26-27(19)13-6-4-5-12(20)9-13)17(28)14(10-21)18-22-15-7-2-3-8-16(15)23-18/h2-9,11,28H,1H3,(H,22,23)/b17-14-/t11-/m1/s1. The Labute approximate surface area is 168 Å². The van der Waals surface area contributed by atoms with Gasteiger partial charge in [0.05, 0.1) is 22.0 Å². The Hall–Kier alpha value is -3.71. The predicted octanol–water partition coefficient (Wildman–Crippen LogP) is 3.65. The number of aromatic nitrogens is 6. The van der Waals surface area contributed by atoms with Crippen LogP contribution in [0.25, 0.3) is 22.3 Å². The Kier molecular flexibility index (Phi) is 4.97. The molecule has 1 atom stereocenters. The molecule has 2 heterocycles. The van der Waals surface area contributed by atoms with Crippen LogP contribution in [0.4, 0.5) is 4.39 Å². The number of hydrogen-bond donors (Lipinski definition) is 2. The molecule has 2 aromatic heterocycles. The predicted molar refractivity (Wildman–Crippen MR) is 106 cm³/mol. The molecule has 0 aliphatic heterocycles. The van der Waals surface area contributed by atoms with Crippen LogP contribution < -0.4 is 0 Å². The second-order valence-electron chi connectivity index (χ2n) is 6.09. The van der Waals surface area contributed by atoms with Gasteiger partial charge in [0.15, 0.2) is 5.82 Å². The van der Waals surface area contributed by atoms with Crippen LogP contribution in [0.3, 0.4) is 0 Å². The topological polar surface area (TPSA) is 116 Å². The molecule has 0 unspecified atom stereocenters. The zero-order valence-electron chi connectivity index (χ0n) is 15.1. The zero-order chi connectivity index (χ0) is 20.4. The smallest absolute Gasteiger partial charge is 0.214 e. The highest BCUT2D eigenvalue weighted by Crippen LogP contribution is 2.30. The van der Waals surface area contributed by atoms with Crippen LogP contribution in [0.1, 0.15) is 12.7 Å². The molecule has 4 rings (SSSR count). The normalized spacial score (nSPS) is 13.1. The summed E-state index contributed by atoms with van der Waals surface area (Å²) in [6.07, 6.45) is 0. The first-order chi connectivity index (χ1) is 14.1. The van der Waals surface area contributed by atoms with Crippen molar-refractivity contribution in [3.05, 3.63) is 65.9 Å². The van der Waals surface area contributed by atoms with E-state index in [0.29, 0.717) is 16.4 Å². The van der Waals surface area contributed by atoms with E-state index in [1.165, 1.54) is 16.8 Å². The van der Waals surface area contributed by atoms with Gasteiger partial charge < -0.3 is 10.1 Å². The Balaban J connectivity index is 1.65. The fourth-order valence-corrected chi connectivity index (χ4v) is 3.61. The van der Waals surface area contributed by atoms with Gasteiger partial charge in [-0.25, -0.2) is 9.37 Å². The largest absolute Gasteiger partial charge is 0.510 e. The number of aliphatic hydroxyl groups excluding tert-OH is 1. The first-order valence-electron chi connectivity index (χ1n) is 8.56. The second kappa shape index (κ2) is 7.73. The first-order valence-corrected chi connectivity index (χ1v) is 9.44. The summed E-state index contributed by atoms with van der Waals surface area (Å²) in [5.74, 6) is -0.296. The number of nitrogens with one attached hydrogen (secondary N) is 1. The molecule has 2 aromatic carbocycles. The van der Waals surface area contributed by atoms with Crippen molar-refractivity contribution in [2.75, 3.05) is 0 Å². The van der Waals surface area contributed by atoms with Crippen molar-refractivity contribution in [1.29, 1.82) is 5.26 Å². The van der Waals surface area contributed by atoms with Gasteiger partial charge in [-0.15, -0.1) is 5.10 Å². The van der Waals surface area contributed by atoms with Crippen molar-refractivity contribution >= 4 is 28.4 Å². The lowest BCUT2D eigenvalue weighted by Crippen LogP contribution is -2.07. The molecule has 0 aliphatic rings. The minimum Gasteiger partial charge on any atom is -0.510 e. The monoisotopic (exact) mass is 407 g/mol. The van der Waals surface area contributed by atoms with Gasteiger partial charge in [0, 0.05) is 0 Å². The number of rotatable bonds is 5. The van der Waals surface area contributed by atoms with Gasteiger partial charge in [-0.05, 0) is 47.7 Å². The number of H-pyrrole nitrogens is 1. The van der Waals surface area contributed by atoms with Crippen LogP contribution in [0.2, 0.25) is 0 Å². The van der Waals surface area contributed by atoms with Gasteiger partial charge in [-0.2, -0.15) is 9.94 Å². The van der Waals surface area contributed by atoms with Crippen molar-refractivity contribution in [2.45, 2.75) is 17.3 Å². The molecule has 0 spiro atoms. The molecule has 0 saturated carbocycles. The summed E-state index contributed by atoms with van der Waals surface area (Å²) in [4.78, 5) is 7.40. The number of nitriles is 1. The molecule has 0 amide bonds. The lowest BCUT2D eigenvalue weighted by molar-refractivity contribution is 0.401. The number of hydrogen-bond acceptors (Lipinski definition) is 7. The number of para-hydroxylation sites is 2. The molecule has 0 radical (unpaired) electrons. The Morgan fingerprint density at radius 2 is 2.10 bits per heavy atom. The lowest BCUT2D eigenvalue weighted by atomic mass is 10.2. The summed E-state index contributed by atoms with van der Waals surface area (Å²) >= 11 is 1.13. The number of fused-ring (bicyclic) bond motifs is 1. The van der Waals surface area contributed by atoms with E-state index in [-0.39, 0.29) is 17.2 Å². The molecule has 8 nitrogen and oxygen atoms in total. The SMILES string of the molecule is C[C@@H](Sc1nnnn1-c1cccc(F)c1)/C(O)=C(\C#N)c1nc2ccccc2[nH]1. The molecular weight excluding hydrogens is 393 g/mol. The Morgan fingerprint density at radius 1 is 1.28 bits per heavy atom. The third-order valence-electron chi connectivity index (χ3n) is 4.16. The van der Waals surface area contributed by atoms with E-state index in [1.807, 2.05) is 30.3 Å². The van der Waals surface area contributed by atoms with Crippen LogP contribution in [0.15, 0.2) is 59.4 Å². The third kappa shape index (κ3) is 3.68. The van der Waals surface area contributed by atoms with Gasteiger partial charge in [-0.1, -0.05) is 30.0 Å². The van der Waals surface area contributed by atoms with E-state index >= 15 is 0 Å². The van der Waals surface area contributed by atoms with Crippen molar-refractivity contribution in [1.82, 2.24) is 30.2 Å². The first kappa shape index (κ1) is 18.6. The van der Waals surface area contributed by atoms with Gasteiger partial charge in [0.1, 0.15) is 23.2 Å². The number of allylic oxidation sites excluding steroid dienone is 1. The number of nitrogens with zero attached hydrogens (tertiary/aromatic N) is 6. The lowest BCUT2D eigenvalue weighted by Gasteiger charge is -2.11. The maximum atomic E-state index is 13.5. The van der Waals surface area contributed by atoms with E-state index < -0.39 is 11.1 Å². The second-order valence-corrected chi connectivity index (χ2v) is 7.40. The number of thioether (sulfide) groups is 1. The highest BCUT2D eigenvalue weighted by Gasteiger charge is 2.22. The van der Waals surface area contributed by atoms with Gasteiger partial charge in [0.2, 0.25) is 5.16 Å². The fourth-order valence-electron chi connectivity index (χ4n) is 2.74. The molecular formula is C19H14FN7OS. The minimum atomic E-state index is -0.559. The molecule has 144 valence electrons. The number of tetrazole rings is 1. The highest BCUT2D eigenvalue weighted by atomic mass is 32.2. The molecule has 0 saturated heterocycles.